The first-order chi connectivity index (χ1) is 8.20. The highest BCUT2D eigenvalue weighted by atomic mass is 19.1. The summed E-state index contributed by atoms with van der Waals surface area (Å²) in [7, 11) is 1.76. The largest absolute Gasteiger partial charge is 0.339 e. The fourth-order valence-electron chi connectivity index (χ4n) is 2.37. The maximum Gasteiger partial charge on any atom is 0.256 e. The van der Waals surface area contributed by atoms with Crippen LogP contribution in [-0.4, -0.2) is 28.9 Å². The molecule has 1 aliphatic carbocycles. The summed E-state index contributed by atoms with van der Waals surface area (Å²) >= 11 is 0. The third-order valence-electron chi connectivity index (χ3n) is 3.45. The van der Waals surface area contributed by atoms with Gasteiger partial charge in [-0.2, -0.15) is 0 Å². The molecular formula is C13H17FN2O. The van der Waals surface area contributed by atoms with Gasteiger partial charge in [-0.05, 0) is 18.9 Å². The van der Waals surface area contributed by atoms with E-state index in [1.807, 2.05) is 0 Å². The fourth-order valence-corrected chi connectivity index (χ4v) is 2.37. The number of carbonyl (C=O) groups excluding carboxylic acids is 1. The van der Waals surface area contributed by atoms with E-state index < -0.39 is 5.82 Å². The van der Waals surface area contributed by atoms with E-state index in [1.165, 1.54) is 18.7 Å². The van der Waals surface area contributed by atoms with Crippen molar-refractivity contribution >= 4 is 5.91 Å². The van der Waals surface area contributed by atoms with E-state index in [0.29, 0.717) is 0 Å². The maximum absolute atomic E-state index is 13.5. The number of aromatic nitrogens is 1. The smallest absolute Gasteiger partial charge is 0.256 e. The number of rotatable bonds is 2. The monoisotopic (exact) mass is 236 g/mol. The molecule has 2 rings (SSSR count). The van der Waals surface area contributed by atoms with Gasteiger partial charge in [0.05, 0.1) is 11.8 Å². The van der Waals surface area contributed by atoms with Gasteiger partial charge in [0.15, 0.2) is 5.82 Å². The average Bonchev–Trinajstić information content (AvgIpc) is 2.39. The predicted octanol–water partition coefficient (Wildman–Crippen LogP) is 2.63. The van der Waals surface area contributed by atoms with Gasteiger partial charge >= 0.3 is 0 Å². The molecule has 0 atom stereocenters. The lowest BCUT2D eigenvalue weighted by molar-refractivity contribution is 0.0691. The van der Waals surface area contributed by atoms with Crippen LogP contribution in [0.25, 0.3) is 0 Å². The summed E-state index contributed by atoms with van der Waals surface area (Å²) in [4.78, 5) is 17.5. The standard InChI is InChI=1S/C13H17FN2O/c1-16(10-5-3-2-4-6-10)13(17)11-7-8-15-9-12(11)14/h7-10H,2-6H2,1H3. The molecule has 1 heterocycles. The van der Waals surface area contributed by atoms with Crippen molar-refractivity contribution in [3.63, 3.8) is 0 Å². The van der Waals surface area contributed by atoms with E-state index in [1.54, 1.807) is 11.9 Å². The van der Waals surface area contributed by atoms with E-state index in [-0.39, 0.29) is 17.5 Å². The summed E-state index contributed by atoms with van der Waals surface area (Å²) in [5, 5.41) is 0. The molecule has 1 aromatic rings. The summed E-state index contributed by atoms with van der Waals surface area (Å²) < 4.78 is 13.5. The zero-order valence-corrected chi connectivity index (χ0v) is 10.0. The minimum Gasteiger partial charge on any atom is -0.339 e. The lowest BCUT2D eigenvalue weighted by Gasteiger charge is -2.31. The second-order valence-corrected chi connectivity index (χ2v) is 4.56. The minimum atomic E-state index is -0.542. The number of halogens is 1. The molecule has 0 radical (unpaired) electrons. The van der Waals surface area contributed by atoms with Crippen LogP contribution < -0.4 is 0 Å². The Bertz CT molecular complexity index is 402. The van der Waals surface area contributed by atoms with Crippen molar-refractivity contribution in [2.75, 3.05) is 7.05 Å². The van der Waals surface area contributed by atoms with E-state index in [9.17, 15) is 9.18 Å². The van der Waals surface area contributed by atoms with Crippen LogP contribution in [0.15, 0.2) is 18.5 Å². The van der Waals surface area contributed by atoms with Crippen molar-refractivity contribution in [3.05, 3.63) is 29.8 Å². The quantitative estimate of drug-likeness (QED) is 0.790. The second kappa shape index (κ2) is 5.25. The first kappa shape index (κ1) is 12.0. The van der Waals surface area contributed by atoms with E-state index >= 15 is 0 Å². The van der Waals surface area contributed by atoms with E-state index in [4.69, 9.17) is 0 Å². The normalized spacial score (nSPS) is 16.8. The maximum atomic E-state index is 13.5. The molecule has 0 spiro atoms. The van der Waals surface area contributed by atoms with Crippen LogP contribution in [0.2, 0.25) is 0 Å². The Hall–Kier alpha value is -1.45. The Morgan fingerprint density at radius 1 is 1.41 bits per heavy atom. The minimum absolute atomic E-state index is 0.119. The van der Waals surface area contributed by atoms with Gasteiger partial charge in [-0.15, -0.1) is 0 Å². The molecule has 1 aliphatic rings. The van der Waals surface area contributed by atoms with Crippen LogP contribution in [-0.2, 0) is 0 Å². The Morgan fingerprint density at radius 2 is 2.12 bits per heavy atom. The summed E-state index contributed by atoms with van der Waals surface area (Å²) in [5.74, 6) is -0.781. The number of nitrogens with zero attached hydrogens (tertiary/aromatic N) is 2. The molecule has 1 fully saturated rings. The topological polar surface area (TPSA) is 33.2 Å². The third-order valence-corrected chi connectivity index (χ3v) is 3.45. The van der Waals surface area contributed by atoms with Gasteiger partial charge in [0.25, 0.3) is 5.91 Å². The van der Waals surface area contributed by atoms with Crippen molar-refractivity contribution in [2.24, 2.45) is 0 Å². The molecule has 17 heavy (non-hydrogen) atoms. The first-order valence-corrected chi connectivity index (χ1v) is 6.07. The molecule has 1 saturated carbocycles. The number of pyridine rings is 1. The molecule has 0 N–H and O–H groups in total. The molecule has 0 aromatic carbocycles. The van der Waals surface area contributed by atoms with Gasteiger partial charge in [0.2, 0.25) is 0 Å². The first-order valence-electron chi connectivity index (χ1n) is 6.07. The molecule has 0 bridgehead atoms. The highest BCUT2D eigenvalue weighted by molar-refractivity contribution is 5.94. The lowest BCUT2D eigenvalue weighted by atomic mass is 9.94. The highest BCUT2D eigenvalue weighted by Crippen LogP contribution is 2.23. The Morgan fingerprint density at radius 3 is 2.76 bits per heavy atom. The number of carbonyl (C=O) groups is 1. The average molecular weight is 236 g/mol. The number of hydrogen-bond acceptors (Lipinski definition) is 2. The van der Waals surface area contributed by atoms with Crippen LogP contribution in [0.5, 0.6) is 0 Å². The van der Waals surface area contributed by atoms with Gasteiger partial charge < -0.3 is 4.90 Å². The van der Waals surface area contributed by atoms with Crippen molar-refractivity contribution in [2.45, 2.75) is 38.1 Å². The third kappa shape index (κ3) is 2.62. The molecular weight excluding hydrogens is 219 g/mol. The molecule has 92 valence electrons. The second-order valence-electron chi connectivity index (χ2n) is 4.56. The van der Waals surface area contributed by atoms with Crippen LogP contribution in [0, 0.1) is 5.82 Å². The SMILES string of the molecule is CN(C(=O)c1ccncc1F)C1CCCCC1. The summed E-state index contributed by atoms with van der Waals surface area (Å²) in [6, 6.07) is 1.69. The highest BCUT2D eigenvalue weighted by Gasteiger charge is 2.24. The van der Waals surface area contributed by atoms with Gasteiger partial charge in [-0.1, -0.05) is 19.3 Å². The van der Waals surface area contributed by atoms with Crippen LogP contribution in [0.1, 0.15) is 42.5 Å². The Kier molecular flexibility index (Phi) is 3.71. The molecule has 0 aliphatic heterocycles. The lowest BCUT2D eigenvalue weighted by Crippen LogP contribution is -2.38. The van der Waals surface area contributed by atoms with Crippen molar-refractivity contribution in [1.82, 2.24) is 9.88 Å². The molecule has 0 unspecified atom stereocenters. The Balaban J connectivity index is 2.11. The molecule has 1 aromatic heterocycles. The molecule has 3 nitrogen and oxygen atoms in total. The van der Waals surface area contributed by atoms with Gasteiger partial charge in [-0.3, -0.25) is 9.78 Å². The fraction of sp³-hybridized carbons (Fsp3) is 0.538. The summed E-state index contributed by atoms with van der Waals surface area (Å²) in [6.45, 7) is 0. The summed E-state index contributed by atoms with van der Waals surface area (Å²) in [6.07, 6.45) is 8.13. The zero-order valence-electron chi connectivity index (χ0n) is 10.0. The van der Waals surface area contributed by atoms with Crippen molar-refractivity contribution in [3.8, 4) is 0 Å². The van der Waals surface area contributed by atoms with Crippen LogP contribution in [0.3, 0.4) is 0 Å². The van der Waals surface area contributed by atoms with E-state index in [0.717, 1.165) is 31.9 Å². The molecule has 0 saturated heterocycles. The molecule has 1 amide bonds. The van der Waals surface area contributed by atoms with Crippen LogP contribution >= 0.6 is 0 Å². The zero-order chi connectivity index (χ0) is 12.3. The number of amides is 1. The van der Waals surface area contributed by atoms with Crippen LogP contribution in [0.4, 0.5) is 4.39 Å². The number of hydrogen-bond donors (Lipinski definition) is 0. The van der Waals surface area contributed by atoms with E-state index in [2.05, 4.69) is 4.98 Å². The van der Waals surface area contributed by atoms with Crippen molar-refractivity contribution < 1.29 is 9.18 Å². The Labute approximate surface area is 101 Å². The predicted molar refractivity (Wildman–Crippen MR) is 63.2 cm³/mol. The van der Waals surface area contributed by atoms with Gasteiger partial charge in [0, 0.05) is 19.3 Å². The van der Waals surface area contributed by atoms with Gasteiger partial charge in [0.1, 0.15) is 0 Å². The molecule has 4 heteroatoms. The van der Waals surface area contributed by atoms with Gasteiger partial charge in [-0.25, -0.2) is 4.39 Å². The van der Waals surface area contributed by atoms with Crippen molar-refractivity contribution in [1.29, 1.82) is 0 Å². The summed E-state index contributed by atoms with van der Waals surface area (Å²) in [5.41, 5.74) is 0.119.